The van der Waals surface area contributed by atoms with Crippen LogP contribution in [0.3, 0.4) is 0 Å². The van der Waals surface area contributed by atoms with Gasteiger partial charge in [-0.2, -0.15) is 0 Å². The van der Waals surface area contributed by atoms with Gasteiger partial charge in [0.15, 0.2) is 15.8 Å². The zero-order valence-electron chi connectivity index (χ0n) is 15.7. The molecule has 10 heteroatoms. The lowest BCUT2D eigenvalue weighted by atomic mass is 10.1. The van der Waals surface area contributed by atoms with Crippen LogP contribution in [-0.4, -0.2) is 36.5 Å². The minimum Gasteiger partial charge on any atom is -0.493 e. The van der Waals surface area contributed by atoms with Gasteiger partial charge < -0.3 is 14.2 Å². The summed E-state index contributed by atoms with van der Waals surface area (Å²) in [4.78, 5) is 25.0. The molecule has 2 aromatic rings. The molecule has 8 nitrogen and oxygen atoms in total. The van der Waals surface area contributed by atoms with Crippen LogP contribution in [0.4, 0.5) is 11.4 Å². The van der Waals surface area contributed by atoms with Gasteiger partial charge in [0.25, 0.3) is 11.6 Å². The highest BCUT2D eigenvalue weighted by atomic mass is 32.2. The molecule has 1 heterocycles. The fourth-order valence-electron chi connectivity index (χ4n) is 2.79. The van der Waals surface area contributed by atoms with Crippen molar-refractivity contribution in [3.8, 4) is 17.2 Å². The first-order chi connectivity index (χ1) is 13.9. The van der Waals surface area contributed by atoms with Gasteiger partial charge in [0.05, 0.1) is 36.8 Å². The molecule has 0 saturated carbocycles. The Kier molecular flexibility index (Phi) is 6.04. The smallest absolute Gasteiger partial charge is 0.270 e. The van der Waals surface area contributed by atoms with Gasteiger partial charge in [-0.15, -0.1) is 0 Å². The maximum absolute atomic E-state index is 12.9. The largest absolute Gasteiger partial charge is 0.493 e. The summed E-state index contributed by atoms with van der Waals surface area (Å²) in [6.45, 7) is 0. The van der Waals surface area contributed by atoms with E-state index in [0.717, 1.165) is 11.8 Å². The van der Waals surface area contributed by atoms with E-state index in [9.17, 15) is 14.9 Å². The topological polar surface area (TPSA) is 91.1 Å². The number of hydrogen-bond acceptors (Lipinski definition) is 8. The predicted molar refractivity (Wildman–Crippen MR) is 115 cm³/mol. The number of non-ortho nitro benzene ring substituents is 1. The standard InChI is InChI=1S/C19H16N2O6S2/c1-25-14-9-4-11(16(26-2)17(14)27-3)10-15-18(22)20(19(28)29-15)12-5-7-13(8-6-12)21(23)24/h4-10H,1-3H3. The summed E-state index contributed by atoms with van der Waals surface area (Å²) in [7, 11) is 4.52. The van der Waals surface area contributed by atoms with Crippen LogP contribution in [0.1, 0.15) is 5.56 Å². The van der Waals surface area contributed by atoms with Crippen molar-refractivity contribution in [3.05, 3.63) is 57.0 Å². The quantitative estimate of drug-likeness (QED) is 0.292. The molecule has 150 valence electrons. The summed E-state index contributed by atoms with van der Waals surface area (Å²) in [6, 6.07) is 9.10. The zero-order valence-corrected chi connectivity index (χ0v) is 17.3. The Balaban J connectivity index is 1.97. The third-order valence-corrected chi connectivity index (χ3v) is 5.44. The van der Waals surface area contributed by atoms with Gasteiger partial charge in [0.2, 0.25) is 5.75 Å². The van der Waals surface area contributed by atoms with Crippen LogP contribution in [0, 0.1) is 10.1 Å². The fourth-order valence-corrected chi connectivity index (χ4v) is 4.08. The number of carbonyl (C=O) groups excluding carboxylic acids is 1. The molecule has 1 fully saturated rings. The van der Waals surface area contributed by atoms with Crippen molar-refractivity contribution in [1.29, 1.82) is 0 Å². The van der Waals surface area contributed by atoms with E-state index in [1.807, 2.05) is 0 Å². The third-order valence-electron chi connectivity index (χ3n) is 4.13. The van der Waals surface area contributed by atoms with E-state index in [1.54, 1.807) is 18.2 Å². The molecule has 0 aliphatic carbocycles. The number of hydrogen-bond donors (Lipinski definition) is 0. The maximum Gasteiger partial charge on any atom is 0.270 e. The molecule has 2 aromatic carbocycles. The second-order valence-electron chi connectivity index (χ2n) is 5.71. The molecule has 0 radical (unpaired) electrons. The van der Waals surface area contributed by atoms with Crippen LogP contribution in [0.5, 0.6) is 17.2 Å². The highest BCUT2D eigenvalue weighted by molar-refractivity contribution is 8.27. The second kappa shape index (κ2) is 8.50. The van der Waals surface area contributed by atoms with Crippen LogP contribution in [0.25, 0.3) is 6.08 Å². The Hall–Kier alpha value is -3.11. The molecule has 0 atom stereocenters. The number of nitrogens with zero attached hydrogens (tertiary/aromatic N) is 2. The number of thioether (sulfide) groups is 1. The summed E-state index contributed by atoms with van der Waals surface area (Å²) in [6.07, 6.45) is 1.66. The molecular weight excluding hydrogens is 416 g/mol. The monoisotopic (exact) mass is 432 g/mol. The zero-order chi connectivity index (χ0) is 21.1. The van der Waals surface area contributed by atoms with Crippen molar-refractivity contribution >= 4 is 51.7 Å². The van der Waals surface area contributed by atoms with Gasteiger partial charge in [0, 0.05) is 17.7 Å². The number of ether oxygens (including phenoxy) is 3. The number of rotatable bonds is 6. The molecule has 1 aliphatic heterocycles. The van der Waals surface area contributed by atoms with Gasteiger partial charge in [-0.25, -0.2) is 0 Å². The maximum atomic E-state index is 12.9. The molecule has 1 saturated heterocycles. The normalized spacial score (nSPS) is 15.0. The molecular formula is C19H16N2O6S2. The van der Waals surface area contributed by atoms with E-state index in [-0.39, 0.29) is 11.6 Å². The van der Waals surface area contributed by atoms with E-state index < -0.39 is 4.92 Å². The number of carbonyl (C=O) groups is 1. The lowest BCUT2D eigenvalue weighted by Gasteiger charge is -2.15. The van der Waals surface area contributed by atoms with Crippen LogP contribution in [0.15, 0.2) is 41.3 Å². The van der Waals surface area contributed by atoms with Crippen molar-refractivity contribution < 1.29 is 23.9 Å². The summed E-state index contributed by atoms with van der Waals surface area (Å²) in [5.41, 5.74) is 1.01. The minimum atomic E-state index is -0.503. The fraction of sp³-hybridized carbons (Fsp3) is 0.158. The molecule has 0 bridgehead atoms. The number of nitro groups is 1. The summed E-state index contributed by atoms with van der Waals surface area (Å²) in [5.74, 6) is 1.01. The number of methoxy groups -OCH3 is 3. The Morgan fingerprint density at radius 1 is 1.03 bits per heavy atom. The highest BCUT2D eigenvalue weighted by Crippen LogP contribution is 2.43. The number of benzene rings is 2. The van der Waals surface area contributed by atoms with E-state index in [1.165, 1.54) is 50.5 Å². The van der Waals surface area contributed by atoms with E-state index in [2.05, 4.69) is 0 Å². The van der Waals surface area contributed by atoms with E-state index in [0.29, 0.717) is 37.7 Å². The number of anilines is 1. The van der Waals surface area contributed by atoms with Crippen LogP contribution >= 0.6 is 24.0 Å². The van der Waals surface area contributed by atoms with E-state index in [4.69, 9.17) is 26.4 Å². The molecule has 1 aliphatic rings. The van der Waals surface area contributed by atoms with E-state index >= 15 is 0 Å². The molecule has 0 aromatic heterocycles. The molecule has 29 heavy (non-hydrogen) atoms. The molecule has 1 amide bonds. The molecule has 0 unspecified atom stereocenters. The predicted octanol–water partition coefficient (Wildman–Crippen LogP) is 4.03. The van der Waals surface area contributed by atoms with Gasteiger partial charge in [-0.1, -0.05) is 24.0 Å². The van der Waals surface area contributed by atoms with Crippen molar-refractivity contribution in [2.75, 3.05) is 26.2 Å². The molecule has 0 N–H and O–H groups in total. The Morgan fingerprint density at radius 3 is 2.24 bits per heavy atom. The molecule has 0 spiro atoms. The first-order valence-electron chi connectivity index (χ1n) is 8.22. The lowest BCUT2D eigenvalue weighted by Crippen LogP contribution is -2.27. The highest BCUT2D eigenvalue weighted by Gasteiger charge is 2.34. The second-order valence-corrected chi connectivity index (χ2v) is 7.39. The Morgan fingerprint density at radius 2 is 1.69 bits per heavy atom. The van der Waals surface area contributed by atoms with Crippen LogP contribution in [-0.2, 0) is 4.79 Å². The number of thiocarbonyl (C=S) groups is 1. The minimum absolute atomic E-state index is 0.0650. The number of nitro benzene ring substituents is 1. The summed E-state index contributed by atoms with van der Waals surface area (Å²) < 4.78 is 16.4. The first kappa shape index (κ1) is 20.6. The van der Waals surface area contributed by atoms with Crippen molar-refractivity contribution in [2.24, 2.45) is 0 Å². The van der Waals surface area contributed by atoms with Gasteiger partial charge in [-0.3, -0.25) is 19.8 Å². The third kappa shape index (κ3) is 3.89. The van der Waals surface area contributed by atoms with Crippen molar-refractivity contribution in [3.63, 3.8) is 0 Å². The lowest BCUT2D eigenvalue weighted by molar-refractivity contribution is -0.384. The summed E-state index contributed by atoms with van der Waals surface area (Å²) >= 11 is 6.48. The first-order valence-corrected chi connectivity index (χ1v) is 9.45. The van der Waals surface area contributed by atoms with Crippen LogP contribution in [0.2, 0.25) is 0 Å². The van der Waals surface area contributed by atoms with Crippen LogP contribution < -0.4 is 19.1 Å². The van der Waals surface area contributed by atoms with Crippen molar-refractivity contribution in [2.45, 2.75) is 0 Å². The average molecular weight is 432 g/mol. The SMILES string of the molecule is COc1ccc(C=C2SC(=S)N(c3ccc([N+](=O)[O-])cc3)C2=O)c(OC)c1OC. The Labute approximate surface area is 176 Å². The van der Waals surface area contributed by atoms with Gasteiger partial charge in [-0.05, 0) is 30.3 Å². The molecule has 3 rings (SSSR count). The Bertz CT molecular complexity index is 1020. The summed E-state index contributed by atoms with van der Waals surface area (Å²) in [5, 5.41) is 10.8. The van der Waals surface area contributed by atoms with Gasteiger partial charge in [0.1, 0.15) is 0 Å². The average Bonchev–Trinajstić information content (AvgIpc) is 3.00. The van der Waals surface area contributed by atoms with Gasteiger partial charge >= 0.3 is 0 Å². The number of amides is 1. The van der Waals surface area contributed by atoms with Crippen molar-refractivity contribution in [1.82, 2.24) is 0 Å².